The lowest BCUT2D eigenvalue weighted by atomic mass is 10.1. The van der Waals surface area contributed by atoms with Crippen molar-refractivity contribution >= 4 is 18.2 Å². The summed E-state index contributed by atoms with van der Waals surface area (Å²) in [6, 6.07) is 0. The van der Waals surface area contributed by atoms with E-state index in [1.807, 2.05) is 21.1 Å². The Labute approximate surface area is 104 Å². The third-order valence-corrected chi connectivity index (χ3v) is 1.72. The van der Waals surface area contributed by atoms with Gasteiger partial charge in [-0.3, -0.25) is 4.79 Å². The molecule has 94 valence electrons. The molecule has 0 radical (unpaired) electrons. The zero-order valence-corrected chi connectivity index (χ0v) is 11.1. The standard InChI is InChI=1S/C9H21N2O2.2ClH/c1-11(2,3)7-9(13)8(12)5-4-6-10;;/h9,13H,4-7,10H2,1-3H3;2*1H/q+1;;/p-1. The van der Waals surface area contributed by atoms with Crippen LogP contribution in [-0.2, 0) is 4.79 Å². The lowest BCUT2D eigenvalue weighted by molar-refractivity contribution is -0.872. The summed E-state index contributed by atoms with van der Waals surface area (Å²) in [5.41, 5.74) is 5.27. The lowest BCUT2D eigenvalue weighted by Gasteiger charge is -2.26. The van der Waals surface area contributed by atoms with Crippen LogP contribution in [0.15, 0.2) is 0 Å². The number of hydrogen-bond donors (Lipinski definition) is 2. The number of halogens is 2. The molecule has 0 amide bonds. The second-order valence-electron chi connectivity index (χ2n) is 4.35. The van der Waals surface area contributed by atoms with Crippen LogP contribution in [-0.4, -0.2) is 55.7 Å². The highest BCUT2D eigenvalue weighted by Gasteiger charge is 2.21. The van der Waals surface area contributed by atoms with Crippen LogP contribution in [0.5, 0.6) is 0 Å². The lowest BCUT2D eigenvalue weighted by Crippen LogP contribution is -3.00. The molecule has 3 N–H and O–H groups in total. The van der Waals surface area contributed by atoms with Crippen molar-refractivity contribution in [2.45, 2.75) is 18.9 Å². The molecule has 0 rings (SSSR count). The Hall–Kier alpha value is 0.130. The first kappa shape index (κ1) is 20.5. The van der Waals surface area contributed by atoms with Gasteiger partial charge in [0, 0.05) is 6.42 Å². The highest BCUT2D eigenvalue weighted by molar-refractivity contribution is 5.85. The molecule has 0 aliphatic heterocycles. The van der Waals surface area contributed by atoms with E-state index < -0.39 is 6.10 Å². The van der Waals surface area contributed by atoms with Gasteiger partial charge in [0.2, 0.25) is 0 Å². The molecule has 0 spiro atoms. The number of aliphatic hydroxyl groups excluding tert-OH is 1. The number of nitrogens with two attached hydrogens (primary N) is 1. The zero-order valence-electron chi connectivity index (χ0n) is 9.57. The van der Waals surface area contributed by atoms with E-state index in [9.17, 15) is 9.90 Å². The Bertz CT molecular complexity index is 172. The van der Waals surface area contributed by atoms with E-state index in [-0.39, 0.29) is 30.6 Å². The van der Waals surface area contributed by atoms with Gasteiger partial charge >= 0.3 is 0 Å². The van der Waals surface area contributed by atoms with Crippen molar-refractivity contribution in [2.75, 3.05) is 34.2 Å². The summed E-state index contributed by atoms with van der Waals surface area (Å²) >= 11 is 0. The Morgan fingerprint density at radius 3 is 2.20 bits per heavy atom. The molecule has 6 heteroatoms. The van der Waals surface area contributed by atoms with E-state index in [0.717, 1.165) is 0 Å². The van der Waals surface area contributed by atoms with E-state index in [0.29, 0.717) is 30.4 Å². The minimum Gasteiger partial charge on any atom is -1.00 e. The number of carbonyl (C=O) groups excluding carboxylic acids is 1. The monoisotopic (exact) mass is 260 g/mol. The summed E-state index contributed by atoms with van der Waals surface area (Å²) < 4.78 is 0.593. The molecule has 0 aliphatic carbocycles. The SMILES string of the molecule is C[N+](C)(C)CC(O)C(=O)CCCN.Cl.[Cl-]. The van der Waals surface area contributed by atoms with Gasteiger partial charge in [-0.2, -0.15) is 0 Å². The predicted molar refractivity (Wildman–Crippen MR) is 59.4 cm³/mol. The van der Waals surface area contributed by atoms with Crippen molar-refractivity contribution in [1.82, 2.24) is 0 Å². The number of rotatable bonds is 6. The number of likely N-dealkylation sites (N-methyl/N-ethyl adjacent to an activating group) is 1. The number of ketones is 1. The first-order valence-electron chi connectivity index (χ1n) is 4.58. The van der Waals surface area contributed by atoms with Crippen molar-refractivity contribution in [1.29, 1.82) is 0 Å². The van der Waals surface area contributed by atoms with Crippen LogP contribution < -0.4 is 18.1 Å². The summed E-state index contributed by atoms with van der Waals surface area (Å²) in [5, 5.41) is 9.47. The average molecular weight is 261 g/mol. The Balaban J connectivity index is -0.000000720. The quantitative estimate of drug-likeness (QED) is 0.495. The molecule has 0 aromatic rings. The van der Waals surface area contributed by atoms with Crippen molar-refractivity contribution in [3.05, 3.63) is 0 Å². The molecule has 0 fully saturated rings. The average Bonchev–Trinajstić information content (AvgIpc) is 1.96. The molecular formula is C9H22Cl2N2O2. The van der Waals surface area contributed by atoms with E-state index >= 15 is 0 Å². The van der Waals surface area contributed by atoms with E-state index in [2.05, 4.69) is 0 Å². The van der Waals surface area contributed by atoms with Crippen molar-refractivity contribution in [3.8, 4) is 0 Å². The molecule has 0 aliphatic rings. The molecule has 1 unspecified atom stereocenters. The van der Waals surface area contributed by atoms with Crippen molar-refractivity contribution in [2.24, 2.45) is 5.73 Å². The van der Waals surface area contributed by atoms with Crippen LogP contribution in [0.3, 0.4) is 0 Å². The van der Waals surface area contributed by atoms with Gasteiger partial charge in [-0.05, 0) is 13.0 Å². The highest BCUT2D eigenvalue weighted by atomic mass is 35.5. The molecule has 0 heterocycles. The zero-order chi connectivity index (χ0) is 10.5. The Kier molecular flexibility index (Phi) is 12.8. The molecule has 4 nitrogen and oxygen atoms in total. The molecule has 0 aromatic carbocycles. The molecule has 0 bridgehead atoms. The molecular weight excluding hydrogens is 239 g/mol. The molecule has 15 heavy (non-hydrogen) atoms. The van der Waals surface area contributed by atoms with Crippen LogP contribution in [0, 0.1) is 0 Å². The van der Waals surface area contributed by atoms with Gasteiger partial charge in [-0.1, -0.05) is 0 Å². The highest BCUT2D eigenvalue weighted by Crippen LogP contribution is 2.00. The second-order valence-corrected chi connectivity index (χ2v) is 4.35. The minimum absolute atomic E-state index is 0. The number of hydrogen-bond acceptors (Lipinski definition) is 3. The number of nitrogens with zero attached hydrogens (tertiary/aromatic N) is 1. The van der Waals surface area contributed by atoms with Gasteiger partial charge in [0.15, 0.2) is 11.9 Å². The van der Waals surface area contributed by atoms with Crippen LogP contribution in [0.2, 0.25) is 0 Å². The maximum Gasteiger partial charge on any atom is 0.167 e. The smallest absolute Gasteiger partial charge is 0.167 e. The fourth-order valence-corrected chi connectivity index (χ4v) is 1.06. The second kappa shape index (κ2) is 9.36. The number of aliphatic hydroxyl groups is 1. The fourth-order valence-electron chi connectivity index (χ4n) is 1.06. The van der Waals surface area contributed by atoms with Crippen molar-refractivity contribution < 1.29 is 26.8 Å². The summed E-state index contributed by atoms with van der Waals surface area (Å²) in [5.74, 6) is -0.0986. The largest absolute Gasteiger partial charge is 1.00 e. The van der Waals surface area contributed by atoms with Crippen LogP contribution in [0.25, 0.3) is 0 Å². The van der Waals surface area contributed by atoms with Gasteiger partial charge < -0.3 is 27.7 Å². The topological polar surface area (TPSA) is 63.3 Å². The van der Waals surface area contributed by atoms with Crippen molar-refractivity contribution in [3.63, 3.8) is 0 Å². The molecule has 0 aromatic heterocycles. The first-order valence-corrected chi connectivity index (χ1v) is 4.58. The van der Waals surface area contributed by atoms with Gasteiger partial charge in [0.1, 0.15) is 6.54 Å². The predicted octanol–water partition coefficient (Wildman–Crippen LogP) is -3.21. The van der Waals surface area contributed by atoms with Gasteiger partial charge in [0.05, 0.1) is 21.1 Å². The summed E-state index contributed by atoms with van der Waals surface area (Å²) in [6.07, 6.45) is 0.205. The van der Waals surface area contributed by atoms with Gasteiger partial charge in [0.25, 0.3) is 0 Å². The summed E-state index contributed by atoms with van der Waals surface area (Å²) in [6.45, 7) is 0.965. The fraction of sp³-hybridized carbons (Fsp3) is 0.889. The van der Waals surface area contributed by atoms with Gasteiger partial charge in [-0.15, -0.1) is 12.4 Å². The maximum absolute atomic E-state index is 11.3. The Morgan fingerprint density at radius 2 is 1.87 bits per heavy atom. The van der Waals surface area contributed by atoms with Crippen LogP contribution >= 0.6 is 12.4 Å². The molecule has 0 saturated heterocycles. The van der Waals surface area contributed by atoms with E-state index in [1.54, 1.807) is 0 Å². The van der Waals surface area contributed by atoms with Crippen LogP contribution in [0.1, 0.15) is 12.8 Å². The normalized spacial score (nSPS) is 12.3. The van der Waals surface area contributed by atoms with Crippen LogP contribution in [0.4, 0.5) is 0 Å². The molecule has 0 saturated carbocycles. The number of carbonyl (C=O) groups is 1. The van der Waals surface area contributed by atoms with E-state index in [1.165, 1.54) is 0 Å². The van der Waals surface area contributed by atoms with Gasteiger partial charge in [-0.25, -0.2) is 0 Å². The Morgan fingerprint density at radius 1 is 1.40 bits per heavy atom. The molecule has 1 atom stereocenters. The third-order valence-electron chi connectivity index (χ3n) is 1.72. The summed E-state index contributed by atoms with van der Waals surface area (Å²) in [7, 11) is 5.83. The minimum atomic E-state index is -0.841. The first-order chi connectivity index (χ1) is 5.87. The van der Waals surface area contributed by atoms with E-state index in [4.69, 9.17) is 5.73 Å². The summed E-state index contributed by atoms with van der Waals surface area (Å²) in [4.78, 5) is 11.3. The number of Topliss-reactive ketones (excluding diaryl/α,β-unsaturated/α-hetero) is 1. The number of quaternary nitrogens is 1. The maximum atomic E-state index is 11.3. The third kappa shape index (κ3) is 12.1.